The van der Waals surface area contributed by atoms with Crippen LogP contribution in [0.4, 0.5) is 0 Å². The molecule has 1 aliphatic rings. The highest BCUT2D eigenvalue weighted by molar-refractivity contribution is 5.72. The topological polar surface area (TPSA) is 47.4 Å². The zero-order chi connectivity index (χ0) is 14.7. The molecular formula is C16H19N3O2. The number of likely N-dealkylation sites (tertiary alicyclic amines) is 1. The van der Waals surface area contributed by atoms with E-state index >= 15 is 0 Å². The Morgan fingerprint density at radius 2 is 2.19 bits per heavy atom. The summed E-state index contributed by atoms with van der Waals surface area (Å²) in [5.41, 5.74) is 2.30. The molecule has 110 valence electrons. The number of carbonyl (C=O) groups excluding carboxylic acids is 1. The summed E-state index contributed by atoms with van der Waals surface area (Å²) in [5.74, 6) is -0.0649. The minimum atomic E-state index is -0.0912. The van der Waals surface area contributed by atoms with Gasteiger partial charge in [-0.25, -0.2) is 4.68 Å². The van der Waals surface area contributed by atoms with Crippen molar-refractivity contribution in [3.8, 4) is 5.69 Å². The number of ether oxygens (including phenoxy) is 1. The number of aromatic nitrogens is 2. The van der Waals surface area contributed by atoms with Crippen molar-refractivity contribution in [2.75, 3.05) is 20.2 Å². The predicted molar refractivity (Wildman–Crippen MR) is 79.0 cm³/mol. The summed E-state index contributed by atoms with van der Waals surface area (Å²) in [6.07, 6.45) is 4.58. The number of nitrogens with zero attached hydrogens (tertiary/aromatic N) is 3. The van der Waals surface area contributed by atoms with E-state index in [4.69, 9.17) is 4.74 Å². The first-order valence-corrected chi connectivity index (χ1v) is 7.15. The maximum atomic E-state index is 11.5. The Morgan fingerprint density at radius 1 is 1.38 bits per heavy atom. The lowest BCUT2D eigenvalue weighted by Gasteiger charge is -2.15. The summed E-state index contributed by atoms with van der Waals surface area (Å²) in [7, 11) is 1.46. The van der Waals surface area contributed by atoms with E-state index in [9.17, 15) is 4.79 Å². The van der Waals surface area contributed by atoms with Gasteiger partial charge in [-0.15, -0.1) is 0 Å². The van der Waals surface area contributed by atoms with Crippen molar-refractivity contribution >= 4 is 5.97 Å². The molecular weight excluding hydrogens is 266 g/mol. The number of carbonyl (C=O) groups is 1. The molecule has 5 nitrogen and oxygen atoms in total. The minimum absolute atomic E-state index is 0.0262. The highest BCUT2D eigenvalue weighted by Crippen LogP contribution is 2.20. The van der Waals surface area contributed by atoms with Crippen LogP contribution in [0.5, 0.6) is 0 Å². The second kappa shape index (κ2) is 6.10. The van der Waals surface area contributed by atoms with Crippen molar-refractivity contribution in [2.45, 2.75) is 13.0 Å². The van der Waals surface area contributed by atoms with Crippen molar-refractivity contribution in [1.29, 1.82) is 0 Å². The van der Waals surface area contributed by atoms with Gasteiger partial charge in [0.1, 0.15) is 0 Å². The highest BCUT2D eigenvalue weighted by atomic mass is 16.5. The van der Waals surface area contributed by atoms with Gasteiger partial charge in [0.2, 0.25) is 0 Å². The van der Waals surface area contributed by atoms with E-state index in [2.05, 4.69) is 34.3 Å². The fraction of sp³-hybridized carbons (Fsp3) is 0.375. The van der Waals surface area contributed by atoms with Crippen molar-refractivity contribution in [1.82, 2.24) is 14.7 Å². The van der Waals surface area contributed by atoms with Crippen LogP contribution >= 0.6 is 0 Å². The molecule has 1 unspecified atom stereocenters. The van der Waals surface area contributed by atoms with Gasteiger partial charge < -0.3 is 4.74 Å². The van der Waals surface area contributed by atoms with Crippen LogP contribution in [0, 0.1) is 5.92 Å². The first-order valence-electron chi connectivity index (χ1n) is 7.15. The lowest BCUT2D eigenvalue weighted by Crippen LogP contribution is -2.23. The number of benzene rings is 1. The normalized spacial score (nSPS) is 18.8. The van der Waals surface area contributed by atoms with Crippen molar-refractivity contribution in [2.24, 2.45) is 5.92 Å². The molecule has 1 atom stereocenters. The Balaban J connectivity index is 1.60. The van der Waals surface area contributed by atoms with Gasteiger partial charge >= 0.3 is 5.97 Å². The molecule has 0 bridgehead atoms. The summed E-state index contributed by atoms with van der Waals surface area (Å²) in [4.78, 5) is 13.8. The van der Waals surface area contributed by atoms with E-state index in [1.165, 1.54) is 12.7 Å². The summed E-state index contributed by atoms with van der Waals surface area (Å²) in [6.45, 7) is 2.60. The molecule has 0 aliphatic carbocycles. The Hall–Kier alpha value is -2.14. The van der Waals surface area contributed by atoms with Gasteiger partial charge in [-0.3, -0.25) is 9.69 Å². The third-order valence-corrected chi connectivity index (χ3v) is 3.92. The van der Waals surface area contributed by atoms with E-state index in [0.717, 1.165) is 31.7 Å². The lowest BCUT2D eigenvalue weighted by atomic mass is 10.1. The average molecular weight is 285 g/mol. The maximum Gasteiger partial charge on any atom is 0.310 e. The molecule has 0 radical (unpaired) electrons. The summed E-state index contributed by atoms with van der Waals surface area (Å²) in [5, 5.41) is 4.21. The van der Waals surface area contributed by atoms with E-state index in [1.54, 1.807) is 6.20 Å². The van der Waals surface area contributed by atoms with Crippen LogP contribution in [0.2, 0.25) is 0 Å². The third-order valence-electron chi connectivity index (χ3n) is 3.92. The second-order valence-electron chi connectivity index (χ2n) is 5.36. The Kier molecular flexibility index (Phi) is 4.01. The maximum absolute atomic E-state index is 11.5. The standard InChI is InChI=1S/C16H19N3O2/c1-21-16(20)14-7-10-18(12-14)11-13-3-5-15(6-4-13)19-9-2-8-17-19/h2-6,8-9,14H,7,10-12H2,1H3. The van der Waals surface area contributed by atoms with Gasteiger partial charge in [0.05, 0.1) is 18.7 Å². The molecule has 1 aromatic carbocycles. The summed E-state index contributed by atoms with van der Waals surface area (Å²) < 4.78 is 6.65. The SMILES string of the molecule is COC(=O)C1CCN(Cc2ccc(-n3cccn3)cc2)C1. The predicted octanol–water partition coefficient (Wildman–Crippen LogP) is 1.87. The Bertz CT molecular complexity index is 592. The molecule has 5 heteroatoms. The molecule has 3 rings (SSSR count). The Morgan fingerprint density at radius 3 is 2.86 bits per heavy atom. The van der Waals surface area contributed by atoms with Gasteiger partial charge in [-0.05, 0) is 36.7 Å². The van der Waals surface area contributed by atoms with Crippen LogP contribution in [0.15, 0.2) is 42.7 Å². The molecule has 1 aliphatic heterocycles. The molecule has 0 saturated carbocycles. The van der Waals surface area contributed by atoms with Gasteiger partial charge in [0.25, 0.3) is 0 Å². The van der Waals surface area contributed by atoms with Crippen LogP contribution in [0.1, 0.15) is 12.0 Å². The van der Waals surface area contributed by atoms with E-state index in [0.29, 0.717) is 0 Å². The molecule has 0 N–H and O–H groups in total. The first kappa shape index (κ1) is 13.8. The molecule has 2 aromatic rings. The molecule has 1 fully saturated rings. The van der Waals surface area contributed by atoms with Gasteiger partial charge in [0.15, 0.2) is 0 Å². The van der Waals surface area contributed by atoms with Crippen LogP contribution in [-0.4, -0.2) is 40.8 Å². The number of esters is 1. The van der Waals surface area contributed by atoms with Crippen LogP contribution in [-0.2, 0) is 16.1 Å². The van der Waals surface area contributed by atoms with Crippen LogP contribution < -0.4 is 0 Å². The molecule has 0 amide bonds. The summed E-state index contributed by atoms with van der Waals surface area (Å²) >= 11 is 0. The lowest BCUT2D eigenvalue weighted by molar-refractivity contribution is -0.144. The number of rotatable bonds is 4. The van der Waals surface area contributed by atoms with Crippen LogP contribution in [0.3, 0.4) is 0 Å². The zero-order valence-corrected chi connectivity index (χ0v) is 12.1. The highest BCUT2D eigenvalue weighted by Gasteiger charge is 2.28. The van der Waals surface area contributed by atoms with E-state index in [1.807, 2.05) is 16.9 Å². The molecule has 1 saturated heterocycles. The van der Waals surface area contributed by atoms with Crippen molar-refractivity contribution in [3.63, 3.8) is 0 Å². The third kappa shape index (κ3) is 3.13. The fourth-order valence-electron chi connectivity index (χ4n) is 2.77. The van der Waals surface area contributed by atoms with E-state index in [-0.39, 0.29) is 11.9 Å². The quantitative estimate of drug-likeness (QED) is 0.805. The van der Waals surface area contributed by atoms with E-state index < -0.39 is 0 Å². The average Bonchev–Trinajstić information content (AvgIpc) is 3.18. The number of hydrogen-bond acceptors (Lipinski definition) is 4. The second-order valence-corrected chi connectivity index (χ2v) is 5.36. The smallest absolute Gasteiger partial charge is 0.310 e. The number of hydrogen-bond donors (Lipinski definition) is 0. The van der Waals surface area contributed by atoms with Crippen LogP contribution in [0.25, 0.3) is 5.69 Å². The van der Waals surface area contributed by atoms with Crippen molar-refractivity contribution in [3.05, 3.63) is 48.3 Å². The largest absolute Gasteiger partial charge is 0.469 e. The van der Waals surface area contributed by atoms with Gasteiger partial charge in [0, 0.05) is 25.5 Å². The molecule has 0 spiro atoms. The first-order chi connectivity index (χ1) is 10.3. The monoisotopic (exact) mass is 285 g/mol. The van der Waals surface area contributed by atoms with Crippen molar-refractivity contribution < 1.29 is 9.53 Å². The fourth-order valence-corrected chi connectivity index (χ4v) is 2.77. The molecule has 2 heterocycles. The van der Waals surface area contributed by atoms with Gasteiger partial charge in [-0.2, -0.15) is 5.10 Å². The summed E-state index contributed by atoms with van der Waals surface area (Å²) in [6, 6.07) is 10.3. The van der Waals surface area contributed by atoms with Gasteiger partial charge in [-0.1, -0.05) is 12.1 Å². The molecule has 21 heavy (non-hydrogen) atoms. The Labute approximate surface area is 124 Å². The molecule has 1 aromatic heterocycles. The minimum Gasteiger partial charge on any atom is -0.469 e. The zero-order valence-electron chi connectivity index (χ0n) is 12.1. The number of methoxy groups -OCH3 is 1.